The Bertz CT molecular complexity index is 690. The zero-order chi connectivity index (χ0) is 15.8. The number of nitrogen functional groups attached to an aromatic ring is 1. The summed E-state index contributed by atoms with van der Waals surface area (Å²) in [6, 6.07) is 2.60. The van der Waals surface area contributed by atoms with Crippen molar-refractivity contribution < 1.29 is 26.7 Å². The first-order chi connectivity index (χ1) is 9.70. The first kappa shape index (κ1) is 15.3. The third kappa shape index (κ3) is 3.15. The lowest BCUT2D eigenvalue weighted by atomic mass is 10.2. The highest BCUT2D eigenvalue weighted by atomic mass is 35.5. The zero-order valence-electron chi connectivity index (χ0n) is 10.0. The van der Waals surface area contributed by atoms with Gasteiger partial charge in [-0.15, -0.1) is 0 Å². The molecule has 0 atom stereocenters. The molecule has 2 N–H and O–H groups in total. The molecule has 0 aliphatic carbocycles. The van der Waals surface area contributed by atoms with E-state index in [4.69, 9.17) is 22.1 Å². The van der Waals surface area contributed by atoms with Crippen LogP contribution in [0.25, 0.3) is 0 Å². The predicted molar refractivity (Wildman–Crippen MR) is 65.1 cm³/mol. The van der Waals surface area contributed by atoms with Gasteiger partial charge in [0.2, 0.25) is 11.7 Å². The van der Waals surface area contributed by atoms with Gasteiger partial charge in [0.1, 0.15) is 5.02 Å². The summed E-state index contributed by atoms with van der Waals surface area (Å²) in [6.45, 7) is 0. The van der Waals surface area contributed by atoms with E-state index in [1.54, 1.807) is 0 Å². The van der Waals surface area contributed by atoms with Crippen LogP contribution >= 0.6 is 11.6 Å². The lowest BCUT2D eigenvalue weighted by Gasteiger charge is -2.11. The number of benzene rings is 1. The molecular formula is C12H6ClF5N2O. The van der Waals surface area contributed by atoms with Crippen LogP contribution in [0.3, 0.4) is 0 Å². The molecule has 21 heavy (non-hydrogen) atoms. The highest BCUT2D eigenvalue weighted by molar-refractivity contribution is 6.31. The van der Waals surface area contributed by atoms with Gasteiger partial charge in [-0.3, -0.25) is 0 Å². The number of halogens is 6. The molecule has 112 valence electrons. The largest absolute Gasteiger partial charge is 0.434 e. The molecule has 0 bridgehead atoms. The van der Waals surface area contributed by atoms with Crippen molar-refractivity contribution in [1.29, 1.82) is 0 Å². The maximum Gasteiger partial charge on any atom is 0.417 e. The first-order valence-electron chi connectivity index (χ1n) is 5.34. The van der Waals surface area contributed by atoms with E-state index in [0.29, 0.717) is 12.3 Å². The highest BCUT2D eigenvalue weighted by Gasteiger charge is 2.32. The number of rotatable bonds is 2. The summed E-state index contributed by atoms with van der Waals surface area (Å²) in [4.78, 5) is 3.34. The van der Waals surface area contributed by atoms with Crippen molar-refractivity contribution in [2.24, 2.45) is 0 Å². The fraction of sp³-hybridized carbons (Fsp3) is 0.0833. The maximum absolute atomic E-state index is 13.5. The molecule has 1 aromatic carbocycles. The minimum Gasteiger partial charge on any atom is -0.434 e. The van der Waals surface area contributed by atoms with E-state index < -0.39 is 45.7 Å². The molecule has 3 nitrogen and oxygen atoms in total. The normalized spacial score (nSPS) is 11.5. The van der Waals surface area contributed by atoms with Crippen molar-refractivity contribution >= 4 is 17.3 Å². The van der Waals surface area contributed by atoms with Crippen molar-refractivity contribution in [3.8, 4) is 11.6 Å². The minimum atomic E-state index is -4.63. The number of ether oxygens (including phenoxy) is 1. The summed E-state index contributed by atoms with van der Waals surface area (Å²) < 4.78 is 68.9. The van der Waals surface area contributed by atoms with E-state index in [2.05, 4.69) is 4.98 Å². The van der Waals surface area contributed by atoms with Crippen LogP contribution in [0.5, 0.6) is 11.6 Å². The van der Waals surface area contributed by atoms with Gasteiger partial charge in [-0.05, 0) is 18.2 Å². The molecule has 0 aliphatic rings. The topological polar surface area (TPSA) is 48.1 Å². The third-order valence-electron chi connectivity index (χ3n) is 2.42. The summed E-state index contributed by atoms with van der Waals surface area (Å²) in [5, 5.41) is -0.499. The molecule has 0 saturated heterocycles. The van der Waals surface area contributed by atoms with E-state index in [1.807, 2.05) is 0 Å². The van der Waals surface area contributed by atoms with Crippen molar-refractivity contribution in [3.63, 3.8) is 0 Å². The Morgan fingerprint density at radius 1 is 1.14 bits per heavy atom. The Hall–Kier alpha value is -2.09. The van der Waals surface area contributed by atoms with Gasteiger partial charge in [0.15, 0.2) is 11.6 Å². The molecule has 0 unspecified atom stereocenters. The summed E-state index contributed by atoms with van der Waals surface area (Å²) in [5.41, 5.74) is 3.61. The Labute approximate surface area is 120 Å². The molecule has 0 aliphatic heterocycles. The van der Waals surface area contributed by atoms with Gasteiger partial charge < -0.3 is 10.5 Å². The fourth-order valence-electron chi connectivity index (χ4n) is 1.39. The predicted octanol–water partition coefficient (Wildman–Crippen LogP) is 4.41. The number of hydrogen-bond acceptors (Lipinski definition) is 3. The summed E-state index contributed by atoms with van der Waals surface area (Å²) in [7, 11) is 0. The average Bonchev–Trinajstić information content (AvgIpc) is 2.40. The van der Waals surface area contributed by atoms with Crippen LogP contribution in [-0.2, 0) is 6.18 Å². The maximum atomic E-state index is 13.5. The molecular weight excluding hydrogens is 319 g/mol. The Balaban J connectivity index is 2.35. The molecule has 2 rings (SSSR count). The first-order valence-corrected chi connectivity index (χ1v) is 5.72. The monoisotopic (exact) mass is 324 g/mol. The zero-order valence-corrected chi connectivity index (χ0v) is 10.8. The summed E-state index contributed by atoms with van der Waals surface area (Å²) >= 11 is 5.58. The Morgan fingerprint density at radius 3 is 2.38 bits per heavy atom. The van der Waals surface area contributed by atoms with E-state index >= 15 is 0 Å². The highest BCUT2D eigenvalue weighted by Crippen LogP contribution is 2.35. The van der Waals surface area contributed by atoms with Gasteiger partial charge in [-0.2, -0.15) is 17.6 Å². The summed E-state index contributed by atoms with van der Waals surface area (Å²) in [6.07, 6.45) is -4.17. The van der Waals surface area contributed by atoms with Crippen LogP contribution in [0.2, 0.25) is 5.02 Å². The molecule has 9 heteroatoms. The molecule has 0 radical (unpaired) electrons. The molecule has 0 spiro atoms. The van der Waals surface area contributed by atoms with Gasteiger partial charge in [0.25, 0.3) is 0 Å². The molecule has 1 aromatic heterocycles. The standard InChI is InChI=1S/C12H6ClF5N2O/c13-6-3-5(12(16,17)18)4-20-11(6)21-8-2-1-7(19)9(14)10(8)15/h1-4H,19H2. The van der Waals surface area contributed by atoms with Crippen molar-refractivity contribution in [1.82, 2.24) is 4.98 Å². The van der Waals surface area contributed by atoms with E-state index in [-0.39, 0.29) is 0 Å². The quantitative estimate of drug-likeness (QED) is 0.657. The molecule has 0 amide bonds. The number of aromatic nitrogens is 1. The van der Waals surface area contributed by atoms with Crippen LogP contribution in [-0.4, -0.2) is 4.98 Å². The minimum absolute atomic E-state index is 0.439. The second-order valence-electron chi connectivity index (χ2n) is 3.89. The summed E-state index contributed by atoms with van der Waals surface area (Å²) in [5.74, 6) is -3.83. The number of nitrogens with two attached hydrogens (primary N) is 1. The van der Waals surface area contributed by atoms with Crippen molar-refractivity contribution in [2.45, 2.75) is 6.18 Å². The number of hydrogen-bond donors (Lipinski definition) is 1. The van der Waals surface area contributed by atoms with E-state index in [9.17, 15) is 22.0 Å². The fourth-order valence-corrected chi connectivity index (χ4v) is 1.59. The third-order valence-corrected chi connectivity index (χ3v) is 2.69. The van der Waals surface area contributed by atoms with Gasteiger partial charge in [0.05, 0.1) is 11.3 Å². The number of pyridine rings is 1. The van der Waals surface area contributed by atoms with Crippen molar-refractivity contribution in [3.05, 3.63) is 46.6 Å². The van der Waals surface area contributed by atoms with Crippen LogP contribution in [0, 0.1) is 11.6 Å². The lowest BCUT2D eigenvalue weighted by Crippen LogP contribution is -2.06. The Kier molecular flexibility index (Phi) is 3.91. The van der Waals surface area contributed by atoms with Crippen molar-refractivity contribution in [2.75, 3.05) is 5.73 Å². The second-order valence-corrected chi connectivity index (χ2v) is 4.30. The number of nitrogens with zero attached hydrogens (tertiary/aromatic N) is 1. The molecule has 2 aromatic rings. The number of alkyl halides is 3. The average molecular weight is 325 g/mol. The van der Waals surface area contributed by atoms with Crippen LogP contribution in [0.1, 0.15) is 5.56 Å². The van der Waals surface area contributed by atoms with Crippen LogP contribution in [0.4, 0.5) is 27.6 Å². The number of anilines is 1. The SMILES string of the molecule is Nc1ccc(Oc2ncc(C(F)(F)F)cc2Cl)c(F)c1F. The second kappa shape index (κ2) is 5.36. The molecule has 1 heterocycles. The van der Waals surface area contributed by atoms with Crippen LogP contribution < -0.4 is 10.5 Å². The Morgan fingerprint density at radius 2 is 1.81 bits per heavy atom. The lowest BCUT2D eigenvalue weighted by molar-refractivity contribution is -0.137. The van der Waals surface area contributed by atoms with Gasteiger partial charge >= 0.3 is 6.18 Å². The van der Waals surface area contributed by atoms with Gasteiger partial charge in [-0.25, -0.2) is 9.37 Å². The molecule has 0 fully saturated rings. The molecule has 0 saturated carbocycles. The van der Waals surface area contributed by atoms with E-state index in [1.165, 1.54) is 0 Å². The van der Waals surface area contributed by atoms with Gasteiger partial charge in [-0.1, -0.05) is 11.6 Å². The van der Waals surface area contributed by atoms with E-state index in [0.717, 1.165) is 12.1 Å². The van der Waals surface area contributed by atoms with Crippen LogP contribution in [0.15, 0.2) is 24.4 Å². The smallest absolute Gasteiger partial charge is 0.417 e. The van der Waals surface area contributed by atoms with Gasteiger partial charge in [0, 0.05) is 6.20 Å².